The summed E-state index contributed by atoms with van der Waals surface area (Å²) in [4.78, 5) is 25.6. The van der Waals surface area contributed by atoms with E-state index in [-0.39, 0.29) is 11.8 Å². The lowest BCUT2D eigenvalue weighted by molar-refractivity contribution is -0.126. The van der Waals surface area contributed by atoms with Gasteiger partial charge < -0.3 is 10.2 Å². The van der Waals surface area contributed by atoms with E-state index in [0.29, 0.717) is 24.2 Å². The Labute approximate surface area is 133 Å². The largest absolute Gasteiger partial charge is 0.341 e. The smallest absolute Gasteiger partial charge is 0.254 e. The second-order valence-corrected chi connectivity index (χ2v) is 5.56. The van der Waals surface area contributed by atoms with Crippen molar-refractivity contribution in [3.8, 4) is 0 Å². The van der Waals surface area contributed by atoms with Gasteiger partial charge in [0.2, 0.25) is 5.91 Å². The number of carbonyl (C=O) groups excluding carboxylic acids is 2. The van der Waals surface area contributed by atoms with Gasteiger partial charge in [0.25, 0.3) is 5.91 Å². The third kappa shape index (κ3) is 3.08. The summed E-state index contributed by atoms with van der Waals surface area (Å²) in [5, 5.41) is 2.61. The molecule has 4 nitrogen and oxygen atoms in total. The number of hydrogen-bond donors (Lipinski definition) is 1. The number of halogens is 1. The summed E-state index contributed by atoms with van der Waals surface area (Å²) in [6, 6.07) is 13.3. The molecule has 1 N–H and O–H groups in total. The molecule has 0 bridgehead atoms. The Morgan fingerprint density at radius 2 is 1.96 bits per heavy atom. The Morgan fingerprint density at radius 3 is 2.65 bits per heavy atom. The SMILES string of the molecule is CC(=O)N[C@@H]1C(=O)N(CCc2ccccc2)c2ccc(F)cc21. The van der Waals surface area contributed by atoms with E-state index < -0.39 is 11.9 Å². The van der Waals surface area contributed by atoms with E-state index in [1.54, 1.807) is 11.0 Å². The molecule has 0 saturated carbocycles. The Bertz CT molecular complexity index is 746. The number of amides is 2. The number of rotatable bonds is 4. The first kappa shape index (κ1) is 15.2. The predicted molar refractivity (Wildman–Crippen MR) is 85.5 cm³/mol. The second-order valence-electron chi connectivity index (χ2n) is 5.56. The van der Waals surface area contributed by atoms with Gasteiger partial charge in [-0.25, -0.2) is 4.39 Å². The van der Waals surface area contributed by atoms with Crippen LogP contribution in [0.4, 0.5) is 10.1 Å². The predicted octanol–water partition coefficient (Wildman–Crippen LogP) is 2.59. The number of nitrogens with one attached hydrogen (secondary N) is 1. The molecule has 3 rings (SSSR count). The molecule has 0 aromatic heterocycles. The minimum atomic E-state index is -0.811. The molecule has 1 heterocycles. The van der Waals surface area contributed by atoms with Crippen molar-refractivity contribution in [1.82, 2.24) is 5.32 Å². The number of nitrogens with zero attached hydrogens (tertiary/aromatic N) is 1. The van der Waals surface area contributed by atoms with E-state index in [1.807, 2.05) is 30.3 Å². The van der Waals surface area contributed by atoms with Crippen molar-refractivity contribution in [3.63, 3.8) is 0 Å². The van der Waals surface area contributed by atoms with Crippen molar-refractivity contribution in [2.24, 2.45) is 0 Å². The Hall–Kier alpha value is -2.69. The Morgan fingerprint density at radius 1 is 1.22 bits per heavy atom. The van der Waals surface area contributed by atoms with Crippen LogP contribution < -0.4 is 10.2 Å². The van der Waals surface area contributed by atoms with E-state index in [1.165, 1.54) is 19.1 Å². The molecule has 0 fully saturated rings. The third-order valence-corrected chi connectivity index (χ3v) is 3.92. The van der Waals surface area contributed by atoms with Crippen LogP contribution in [0.3, 0.4) is 0 Å². The zero-order chi connectivity index (χ0) is 16.4. The van der Waals surface area contributed by atoms with E-state index in [4.69, 9.17) is 0 Å². The third-order valence-electron chi connectivity index (χ3n) is 3.92. The molecule has 118 valence electrons. The number of anilines is 1. The maximum Gasteiger partial charge on any atom is 0.254 e. The highest BCUT2D eigenvalue weighted by Crippen LogP contribution is 2.36. The zero-order valence-corrected chi connectivity index (χ0v) is 12.8. The first-order valence-corrected chi connectivity index (χ1v) is 7.48. The van der Waals surface area contributed by atoms with Gasteiger partial charge in [-0.15, -0.1) is 0 Å². The van der Waals surface area contributed by atoms with Crippen LogP contribution in [0.5, 0.6) is 0 Å². The molecule has 23 heavy (non-hydrogen) atoms. The van der Waals surface area contributed by atoms with E-state index in [2.05, 4.69) is 5.32 Å². The van der Waals surface area contributed by atoms with Gasteiger partial charge in [0.1, 0.15) is 11.9 Å². The molecule has 0 spiro atoms. The maximum atomic E-state index is 13.5. The molecule has 2 aromatic rings. The highest BCUT2D eigenvalue weighted by Gasteiger charge is 2.37. The molecular formula is C18H17FN2O2. The van der Waals surface area contributed by atoms with Gasteiger partial charge in [-0.1, -0.05) is 30.3 Å². The van der Waals surface area contributed by atoms with Crippen LogP contribution in [0.1, 0.15) is 24.1 Å². The minimum Gasteiger partial charge on any atom is -0.341 e. The highest BCUT2D eigenvalue weighted by atomic mass is 19.1. The van der Waals surface area contributed by atoms with Crippen molar-refractivity contribution in [2.75, 3.05) is 11.4 Å². The van der Waals surface area contributed by atoms with Crippen LogP contribution in [0, 0.1) is 5.82 Å². The Balaban J connectivity index is 1.86. The van der Waals surface area contributed by atoms with Gasteiger partial charge in [0.05, 0.1) is 0 Å². The quantitative estimate of drug-likeness (QED) is 0.943. The molecular weight excluding hydrogens is 295 g/mol. The number of carbonyl (C=O) groups is 2. The van der Waals surface area contributed by atoms with Gasteiger partial charge in [0, 0.05) is 24.7 Å². The van der Waals surface area contributed by atoms with Crippen LogP contribution in [-0.2, 0) is 16.0 Å². The number of hydrogen-bond acceptors (Lipinski definition) is 2. The number of fused-ring (bicyclic) bond motifs is 1. The van der Waals surface area contributed by atoms with Gasteiger partial charge in [-0.05, 0) is 30.2 Å². The molecule has 0 unspecified atom stereocenters. The van der Waals surface area contributed by atoms with Gasteiger partial charge in [-0.3, -0.25) is 9.59 Å². The molecule has 2 amide bonds. The fraction of sp³-hybridized carbons (Fsp3) is 0.222. The Kier molecular flexibility index (Phi) is 4.10. The van der Waals surface area contributed by atoms with Gasteiger partial charge in [0.15, 0.2) is 0 Å². The van der Waals surface area contributed by atoms with Crippen LogP contribution in [0.2, 0.25) is 0 Å². The first-order chi connectivity index (χ1) is 11.1. The topological polar surface area (TPSA) is 49.4 Å². The molecule has 5 heteroatoms. The van der Waals surface area contributed by atoms with Crippen molar-refractivity contribution in [2.45, 2.75) is 19.4 Å². The summed E-state index contributed by atoms with van der Waals surface area (Å²) in [5.41, 5.74) is 2.29. The molecule has 2 aromatic carbocycles. The van der Waals surface area contributed by atoms with Crippen LogP contribution in [0.25, 0.3) is 0 Å². The van der Waals surface area contributed by atoms with E-state index in [9.17, 15) is 14.0 Å². The summed E-state index contributed by atoms with van der Waals surface area (Å²) in [5.74, 6) is -0.961. The summed E-state index contributed by atoms with van der Waals surface area (Å²) < 4.78 is 13.5. The monoisotopic (exact) mass is 312 g/mol. The van der Waals surface area contributed by atoms with E-state index in [0.717, 1.165) is 5.56 Å². The normalized spacial score (nSPS) is 16.3. The van der Waals surface area contributed by atoms with Crippen LogP contribution >= 0.6 is 0 Å². The first-order valence-electron chi connectivity index (χ1n) is 7.48. The lowest BCUT2D eigenvalue weighted by Crippen LogP contribution is -2.37. The molecule has 0 saturated heterocycles. The average Bonchev–Trinajstić information content (AvgIpc) is 2.78. The van der Waals surface area contributed by atoms with E-state index >= 15 is 0 Å². The number of benzene rings is 2. The highest BCUT2D eigenvalue weighted by molar-refractivity contribution is 6.06. The average molecular weight is 312 g/mol. The summed E-state index contributed by atoms with van der Waals surface area (Å²) in [7, 11) is 0. The molecule has 1 aliphatic rings. The van der Waals surface area contributed by atoms with Gasteiger partial charge >= 0.3 is 0 Å². The molecule has 0 radical (unpaired) electrons. The van der Waals surface area contributed by atoms with Crippen LogP contribution in [-0.4, -0.2) is 18.4 Å². The van der Waals surface area contributed by atoms with Crippen molar-refractivity contribution in [1.29, 1.82) is 0 Å². The lowest BCUT2D eigenvalue weighted by Gasteiger charge is -2.18. The van der Waals surface area contributed by atoms with Crippen LogP contribution in [0.15, 0.2) is 48.5 Å². The standard InChI is InChI=1S/C18H17FN2O2/c1-12(22)20-17-15-11-14(19)7-8-16(15)21(18(17)23)10-9-13-5-3-2-4-6-13/h2-8,11,17H,9-10H2,1H3,(H,20,22)/t17-/m0/s1. The van der Waals surface area contributed by atoms with Crippen molar-refractivity contribution in [3.05, 3.63) is 65.5 Å². The minimum absolute atomic E-state index is 0.225. The fourth-order valence-corrected chi connectivity index (χ4v) is 2.87. The molecule has 1 atom stereocenters. The summed E-state index contributed by atoms with van der Waals surface area (Å²) in [6.45, 7) is 1.83. The zero-order valence-electron chi connectivity index (χ0n) is 12.8. The summed E-state index contributed by atoms with van der Waals surface area (Å²) >= 11 is 0. The fourth-order valence-electron chi connectivity index (χ4n) is 2.87. The lowest BCUT2D eigenvalue weighted by atomic mass is 10.1. The molecule has 1 aliphatic heterocycles. The van der Waals surface area contributed by atoms with Crippen molar-refractivity contribution >= 4 is 17.5 Å². The maximum absolute atomic E-state index is 13.5. The second kappa shape index (κ2) is 6.20. The summed E-state index contributed by atoms with van der Waals surface area (Å²) in [6.07, 6.45) is 0.691. The van der Waals surface area contributed by atoms with Gasteiger partial charge in [-0.2, -0.15) is 0 Å². The van der Waals surface area contributed by atoms with Crippen molar-refractivity contribution < 1.29 is 14.0 Å². The molecule has 0 aliphatic carbocycles.